The van der Waals surface area contributed by atoms with Crippen molar-refractivity contribution in [1.29, 1.82) is 0 Å². The maximum absolute atomic E-state index is 13.4. The third-order valence-corrected chi connectivity index (χ3v) is 3.31. The van der Waals surface area contributed by atoms with Crippen molar-refractivity contribution < 1.29 is 9.13 Å². The molecule has 0 spiro atoms. The van der Waals surface area contributed by atoms with Crippen LogP contribution in [-0.2, 0) is 4.74 Å². The molecule has 0 aliphatic carbocycles. The summed E-state index contributed by atoms with van der Waals surface area (Å²) in [4.78, 5) is 8.35. The molecule has 5 heteroatoms. The average Bonchev–Trinajstić information content (AvgIpc) is 2.43. The Morgan fingerprint density at radius 2 is 2.10 bits per heavy atom. The largest absolute Gasteiger partial charge is 0.385 e. The van der Waals surface area contributed by atoms with Gasteiger partial charge in [0.2, 0.25) is 0 Å². The van der Waals surface area contributed by atoms with Crippen LogP contribution in [0.4, 0.5) is 10.2 Å². The van der Waals surface area contributed by atoms with Gasteiger partial charge in [-0.15, -0.1) is 0 Å². The molecule has 0 unspecified atom stereocenters. The number of benzene rings is 1. The second-order valence-electron chi connectivity index (χ2n) is 5.64. The van der Waals surface area contributed by atoms with Crippen molar-refractivity contribution in [2.24, 2.45) is 5.41 Å². The number of nitrogens with one attached hydrogen (secondary N) is 1. The molecule has 0 aliphatic heterocycles. The minimum absolute atomic E-state index is 0.0700. The molecule has 0 fully saturated rings. The minimum atomic E-state index is -0.283. The lowest BCUT2D eigenvalue weighted by Crippen LogP contribution is -2.25. The number of anilines is 1. The molecule has 4 nitrogen and oxygen atoms in total. The lowest BCUT2D eigenvalue weighted by molar-refractivity contribution is 0.157. The molecule has 1 N–H and O–H groups in total. The highest BCUT2D eigenvalue weighted by Crippen LogP contribution is 2.24. The van der Waals surface area contributed by atoms with Gasteiger partial charge in [0.05, 0.1) is 5.52 Å². The van der Waals surface area contributed by atoms with Crippen molar-refractivity contribution in [1.82, 2.24) is 9.97 Å². The summed E-state index contributed by atoms with van der Waals surface area (Å²) in [5.74, 6) is 0.383. The van der Waals surface area contributed by atoms with Gasteiger partial charge >= 0.3 is 0 Å². The van der Waals surface area contributed by atoms with Crippen LogP contribution in [0.3, 0.4) is 0 Å². The molecule has 2 aromatic rings. The number of nitrogens with zero attached hydrogens (tertiary/aromatic N) is 2. The molecular weight excluding hydrogens is 257 g/mol. The number of hydrogen-bond acceptors (Lipinski definition) is 4. The van der Waals surface area contributed by atoms with Crippen molar-refractivity contribution in [2.75, 3.05) is 25.6 Å². The molecule has 108 valence electrons. The lowest BCUT2D eigenvalue weighted by Gasteiger charge is -2.25. The molecule has 0 saturated carbocycles. The Hall–Kier alpha value is -1.75. The van der Waals surface area contributed by atoms with Crippen LogP contribution in [0.5, 0.6) is 0 Å². The first-order chi connectivity index (χ1) is 9.52. The van der Waals surface area contributed by atoms with Gasteiger partial charge in [-0.05, 0) is 30.0 Å². The third-order valence-electron chi connectivity index (χ3n) is 3.31. The molecule has 2 rings (SSSR count). The SMILES string of the molecule is COCCC(C)(C)CNc1ncnc2ccc(F)cc12. The summed E-state index contributed by atoms with van der Waals surface area (Å²) in [7, 11) is 1.70. The number of rotatable bonds is 6. The highest BCUT2D eigenvalue weighted by molar-refractivity contribution is 5.88. The molecule has 0 bridgehead atoms. The van der Waals surface area contributed by atoms with E-state index in [-0.39, 0.29) is 11.2 Å². The molecule has 0 radical (unpaired) electrons. The van der Waals surface area contributed by atoms with Gasteiger partial charge in [0.15, 0.2) is 0 Å². The molecule has 0 saturated heterocycles. The van der Waals surface area contributed by atoms with Gasteiger partial charge in [0.1, 0.15) is 18.0 Å². The van der Waals surface area contributed by atoms with Gasteiger partial charge < -0.3 is 10.1 Å². The quantitative estimate of drug-likeness (QED) is 0.880. The zero-order chi connectivity index (χ0) is 14.6. The van der Waals surface area contributed by atoms with Gasteiger partial charge in [-0.25, -0.2) is 14.4 Å². The molecule has 20 heavy (non-hydrogen) atoms. The second kappa shape index (κ2) is 6.13. The monoisotopic (exact) mass is 277 g/mol. The summed E-state index contributed by atoms with van der Waals surface area (Å²) in [6, 6.07) is 4.52. The maximum atomic E-state index is 13.4. The van der Waals surface area contributed by atoms with Gasteiger partial charge in [-0.1, -0.05) is 13.8 Å². The van der Waals surface area contributed by atoms with Crippen LogP contribution in [0.25, 0.3) is 10.9 Å². The summed E-state index contributed by atoms with van der Waals surface area (Å²) >= 11 is 0. The van der Waals surface area contributed by atoms with Gasteiger partial charge in [-0.2, -0.15) is 0 Å². The minimum Gasteiger partial charge on any atom is -0.385 e. The fraction of sp³-hybridized carbons (Fsp3) is 0.467. The molecule has 0 amide bonds. The van der Waals surface area contributed by atoms with Gasteiger partial charge in [0.25, 0.3) is 0 Å². The fourth-order valence-corrected chi connectivity index (χ4v) is 1.96. The standard InChI is InChI=1S/C15H20FN3O/c1-15(2,6-7-20-3)9-17-14-12-8-11(16)4-5-13(12)18-10-19-14/h4-5,8,10H,6-7,9H2,1-3H3,(H,17,18,19). The normalized spacial score (nSPS) is 11.8. The third kappa shape index (κ3) is 3.63. The van der Waals surface area contributed by atoms with E-state index in [1.807, 2.05) is 0 Å². The topological polar surface area (TPSA) is 47.0 Å². The van der Waals surface area contributed by atoms with E-state index < -0.39 is 0 Å². The van der Waals surface area contributed by atoms with E-state index >= 15 is 0 Å². The van der Waals surface area contributed by atoms with Gasteiger partial charge in [-0.3, -0.25) is 0 Å². The Labute approximate surface area is 118 Å². The van der Waals surface area contributed by atoms with E-state index in [1.54, 1.807) is 13.2 Å². The summed E-state index contributed by atoms with van der Waals surface area (Å²) in [5.41, 5.74) is 0.805. The Morgan fingerprint density at radius 1 is 1.30 bits per heavy atom. The van der Waals surface area contributed by atoms with E-state index in [1.165, 1.54) is 18.5 Å². The van der Waals surface area contributed by atoms with E-state index in [2.05, 4.69) is 29.1 Å². The van der Waals surface area contributed by atoms with Crippen LogP contribution >= 0.6 is 0 Å². The summed E-state index contributed by atoms with van der Waals surface area (Å²) in [6.45, 7) is 5.76. The van der Waals surface area contributed by atoms with Crippen molar-refractivity contribution in [2.45, 2.75) is 20.3 Å². The first-order valence-corrected chi connectivity index (χ1v) is 6.65. The zero-order valence-electron chi connectivity index (χ0n) is 12.1. The van der Waals surface area contributed by atoms with Crippen LogP contribution in [0, 0.1) is 11.2 Å². The number of fused-ring (bicyclic) bond motifs is 1. The smallest absolute Gasteiger partial charge is 0.137 e. The van der Waals surface area contributed by atoms with Crippen molar-refractivity contribution in [3.8, 4) is 0 Å². The van der Waals surface area contributed by atoms with E-state index in [4.69, 9.17) is 4.74 Å². The Bertz CT molecular complexity index is 586. The Kier molecular flexibility index (Phi) is 4.49. The number of ether oxygens (including phenoxy) is 1. The van der Waals surface area contributed by atoms with Crippen molar-refractivity contribution in [3.63, 3.8) is 0 Å². The van der Waals surface area contributed by atoms with E-state index in [0.717, 1.165) is 18.5 Å². The predicted octanol–water partition coefficient (Wildman–Crippen LogP) is 3.24. The molecular formula is C15H20FN3O. The van der Waals surface area contributed by atoms with Crippen LogP contribution < -0.4 is 5.32 Å². The molecule has 0 aliphatic rings. The highest BCUT2D eigenvalue weighted by Gasteiger charge is 2.18. The zero-order valence-corrected chi connectivity index (χ0v) is 12.1. The molecule has 1 aromatic carbocycles. The predicted molar refractivity (Wildman–Crippen MR) is 78.3 cm³/mol. The molecule has 1 aromatic heterocycles. The van der Waals surface area contributed by atoms with E-state index in [9.17, 15) is 4.39 Å². The number of methoxy groups -OCH3 is 1. The van der Waals surface area contributed by atoms with Crippen LogP contribution in [0.1, 0.15) is 20.3 Å². The number of aromatic nitrogens is 2. The van der Waals surface area contributed by atoms with Crippen molar-refractivity contribution >= 4 is 16.7 Å². The lowest BCUT2D eigenvalue weighted by atomic mass is 9.90. The Morgan fingerprint density at radius 3 is 2.85 bits per heavy atom. The van der Waals surface area contributed by atoms with Gasteiger partial charge in [0, 0.05) is 25.6 Å². The van der Waals surface area contributed by atoms with E-state index in [0.29, 0.717) is 17.8 Å². The van der Waals surface area contributed by atoms with Crippen LogP contribution in [0.2, 0.25) is 0 Å². The van der Waals surface area contributed by atoms with Crippen LogP contribution in [0.15, 0.2) is 24.5 Å². The first kappa shape index (κ1) is 14.7. The average molecular weight is 277 g/mol. The Balaban J connectivity index is 2.15. The second-order valence-corrected chi connectivity index (χ2v) is 5.64. The summed E-state index contributed by atoms with van der Waals surface area (Å²) in [6.07, 6.45) is 2.43. The van der Waals surface area contributed by atoms with Crippen molar-refractivity contribution in [3.05, 3.63) is 30.3 Å². The summed E-state index contributed by atoms with van der Waals surface area (Å²) in [5, 5.41) is 3.99. The fourth-order valence-electron chi connectivity index (χ4n) is 1.96. The molecule has 1 heterocycles. The first-order valence-electron chi connectivity index (χ1n) is 6.65. The van der Waals surface area contributed by atoms with Crippen LogP contribution in [-0.4, -0.2) is 30.2 Å². The summed E-state index contributed by atoms with van der Waals surface area (Å²) < 4.78 is 18.5. The highest BCUT2D eigenvalue weighted by atomic mass is 19.1. The number of halogens is 1. The number of hydrogen-bond donors (Lipinski definition) is 1. The maximum Gasteiger partial charge on any atom is 0.137 e. The molecule has 0 atom stereocenters.